The van der Waals surface area contributed by atoms with Crippen molar-refractivity contribution in [3.63, 3.8) is 0 Å². The van der Waals surface area contributed by atoms with Crippen molar-refractivity contribution in [1.82, 2.24) is 5.06 Å². The van der Waals surface area contributed by atoms with E-state index in [1.807, 2.05) is 0 Å². The highest BCUT2D eigenvalue weighted by atomic mass is 35.5. The summed E-state index contributed by atoms with van der Waals surface area (Å²) in [6.07, 6.45) is -1.61. The highest BCUT2D eigenvalue weighted by molar-refractivity contribution is 6.30. The summed E-state index contributed by atoms with van der Waals surface area (Å²) in [7, 11) is 0. The number of carbonyl (C=O) groups is 3. The van der Waals surface area contributed by atoms with Crippen LogP contribution < -0.4 is 0 Å². The Balaban J connectivity index is 1.92. The molecular weight excluding hydrogens is 286 g/mol. The molecule has 1 fully saturated rings. The Morgan fingerprint density at radius 3 is 2.30 bits per heavy atom. The molecule has 0 spiro atoms. The Morgan fingerprint density at radius 1 is 1.20 bits per heavy atom. The second-order valence-electron chi connectivity index (χ2n) is 4.23. The molecule has 1 saturated heterocycles. The lowest BCUT2D eigenvalue weighted by atomic mass is 10.1. The van der Waals surface area contributed by atoms with Crippen LogP contribution >= 0.6 is 11.6 Å². The van der Waals surface area contributed by atoms with Gasteiger partial charge in [-0.1, -0.05) is 28.8 Å². The zero-order valence-corrected chi connectivity index (χ0v) is 11.4. The summed E-state index contributed by atoms with van der Waals surface area (Å²) < 4.78 is 4.98. The van der Waals surface area contributed by atoms with Gasteiger partial charge in [0.25, 0.3) is 11.8 Å². The van der Waals surface area contributed by atoms with Crippen molar-refractivity contribution < 1.29 is 24.0 Å². The zero-order chi connectivity index (χ0) is 14.7. The van der Waals surface area contributed by atoms with E-state index in [9.17, 15) is 14.4 Å². The fourth-order valence-electron chi connectivity index (χ4n) is 1.70. The van der Waals surface area contributed by atoms with Crippen molar-refractivity contribution in [1.29, 1.82) is 0 Å². The molecular formula is C13H12ClNO5. The molecule has 2 amide bonds. The summed E-state index contributed by atoms with van der Waals surface area (Å²) in [5.74, 6) is -1.10. The van der Waals surface area contributed by atoms with E-state index in [2.05, 4.69) is 4.84 Å². The first kappa shape index (κ1) is 14.3. The highest BCUT2D eigenvalue weighted by Gasteiger charge is 2.33. The van der Waals surface area contributed by atoms with Crippen LogP contribution in [0.4, 0.5) is 4.79 Å². The molecule has 1 aromatic rings. The van der Waals surface area contributed by atoms with Gasteiger partial charge in [0.1, 0.15) is 6.10 Å². The maximum Gasteiger partial charge on any atom is 0.534 e. The van der Waals surface area contributed by atoms with Crippen molar-refractivity contribution in [3.8, 4) is 0 Å². The van der Waals surface area contributed by atoms with E-state index in [-0.39, 0.29) is 12.8 Å². The molecule has 6 nitrogen and oxygen atoms in total. The quantitative estimate of drug-likeness (QED) is 0.633. The van der Waals surface area contributed by atoms with Gasteiger partial charge < -0.3 is 4.74 Å². The third-order valence-electron chi connectivity index (χ3n) is 2.78. The molecule has 1 aliphatic heterocycles. The monoisotopic (exact) mass is 297 g/mol. The molecule has 0 radical (unpaired) electrons. The minimum Gasteiger partial charge on any atom is -0.425 e. The van der Waals surface area contributed by atoms with Gasteiger partial charge in [-0.3, -0.25) is 14.4 Å². The van der Waals surface area contributed by atoms with E-state index in [0.717, 1.165) is 0 Å². The number of imide groups is 1. The number of hydroxylamine groups is 2. The molecule has 0 aliphatic carbocycles. The standard InChI is InChI=1S/C13H12ClNO5/c1-8(9-2-4-10(14)5-3-9)19-13(18)20-15-11(16)6-7-12(15)17/h2-5,8H,6-7H2,1H3/t8-/m1/s1. The minimum atomic E-state index is -1.10. The average molecular weight is 298 g/mol. The van der Waals surface area contributed by atoms with Crippen molar-refractivity contribution in [2.75, 3.05) is 0 Å². The lowest BCUT2D eigenvalue weighted by molar-refractivity contribution is -0.178. The molecule has 0 bridgehead atoms. The van der Waals surface area contributed by atoms with Crippen LogP contribution in [0.5, 0.6) is 0 Å². The van der Waals surface area contributed by atoms with Crippen molar-refractivity contribution in [2.24, 2.45) is 0 Å². The third kappa shape index (κ3) is 3.27. The van der Waals surface area contributed by atoms with Gasteiger partial charge in [0.05, 0.1) is 0 Å². The van der Waals surface area contributed by atoms with E-state index < -0.39 is 24.1 Å². The summed E-state index contributed by atoms with van der Waals surface area (Å²) in [6, 6.07) is 6.73. The fourth-order valence-corrected chi connectivity index (χ4v) is 1.83. The molecule has 1 aromatic carbocycles. The summed E-state index contributed by atoms with van der Waals surface area (Å²) in [5, 5.41) is 1.01. The first-order valence-electron chi connectivity index (χ1n) is 5.97. The fraction of sp³-hybridized carbons (Fsp3) is 0.308. The Morgan fingerprint density at radius 2 is 1.75 bits per heavy atom. The average Bonchev–Trinajstić information content (AvgIpc) is 2.71. The maximum absolute atomic E-state index is 11.5. The van der Waals surface area contributed by atoms with Gasteiger partial charge in [-0.2, -0.15) is 0 Å². The zero-order valence-electron chi connectivity index (χ0n) is 10.7. The van der Waals surface area contributed by atoms with Crippen LogP contribution in [0, 0.1) is 0 Å². The van der Waals surface area contributed by atoms with Gasteiger partial charge in [0, 0.05) is 17.9 Å². The Hall–Kier alpha value is -2.08. The number of hydrogen-bond donors (Lipinski definition) is 0. The normalized spacial score (nSPS) is 16.2. The molecule has 1 atom stereocenters. The molecule has 7 heteroatoms. The molecule has 1 heterocycles. The summed E-state index contributed by atoms with van der Waals surface area (Å²) in [5.41, 5.74) is 0.713. The van der Waals surface area contributed by atoms with Crippen LogP contribution in [0.2, 0.25) is 5.02 Å². The number of nitrogens with zero attached hydrogens (tertiary/aromatic N) is 1. The van der Waals surface area contributed by atoms with Crippen molar-refractivity contribution in [2.45, 2.75) is 25.9 Å². The maximum atomic E-state index is 11.5. The van der Waals surface area contributed by atoms with Crippen molar-refractivity contribution in [3.05, 3.63) is 34.9 Å². The number of rotatable bonds is 3. The molecule has 0 saturated carbocycles. The van der Waals surface area contributed by atoms with Gasteiger partial charge in [0.2, 0.25) is 0 Å². The lowest BCUT2D eigenvalue weighted by Crippen LogP contribution is -2.32. The van der Waals surface area contributed by atoms with E-state index in [1.165, 1.54) is 0 Å². The largest absolute Gasteiger partial charge is 0.534 e. The number of ether oxygens (including phenoxy) is 1. The molecule has 0 N–H and O–H groups in total. The number of carbonyl (C=O) groups excluding carboxylic acids is 3. The predicted octanol–water partition coefficient (Wildman–Crippen LogP) is 2.62. The van der Waals surface area contributed by atoms with Gasteiger partial charge in [-0.15, -0.1) is 0 Å². The highest BCUT2D eigenvalue weighted by Crippen LogP contribution is 2.20. The van der Waals surface area contributed by atoms with Gasteiger partial charge in [0.15, 0.2) is 0 Å². The molecule has 1 aliphatic rings. The Bertz CT molecular complexity index is 526. The second kappa shape index (κ2) is 5.92. The second-order valence-corrected chi connectivity index (χ2v) is 4.67. The minimum absolute atomic E-state index is 0.0405. The predicted molar refractivity (Wildman–Crippen MR) is 68.5 cm³/mol. The number of amides is 2. The van der Waals surface area contributed by atoms with Crippen molar-refractivity contribution >= 4 is 29.6 Å². The van der Waals surface area contributed by atoms with Gasteiger partial charge in [-0.05, 0) is 24.6 Å². The summed E-state index contributed by atoms with van der Waals surface area (Å²) in [4.78, 5) is 38.7. The SMILES string of the molecule is C[C@@H](OC(=O)ON1C(=O)CCC1=O)c1ccc(Cl)cc1. The van der Waals surface area contributed by atoms with Crippen LogP contribution in [-0.2, 0) is 19.2 Å². The number of benzene rings is 1. The Labute approximate surface area is 120 Å². The first-order valence-corrected chi connectivity index (χ1v) is 6.35. The molecule has 0 unspecified atom stereocenters. The Kier molecular flexibility index (Phi) is 4.24. The number of hydrogen-bond acceptors (Lipinski definition) is 5. The molecule has 2 rings (SSSR count). The first-order chi connectivity index (χ1) is 9.47. The van der Waals surface area contributed by atoms with E-state index >= 15 is 0 Å². The van der Waals surface area contributed by atoms with Crippen LogP contribution in [0.3, 0.4) is 0 Å². The lowest BCUT2D eigenvalue weighted by Gasteiger charge is -2.16. The summed E-state index contributed by atoms with van der Waals surface area (Å²) in [6.45, 7) is 1.64. The third-order valence-corrected chi connectivity index (χ3v) is 3.04. The topological polar surface area (TPSA) is 72.9 Å². The van der Waals surface area contributed by atoms with Crippen LogP contribution in [-0.4, -0.2) is 23.0 Å². The van der Waals surface area contributed by atoms with Crippen LogP contribution in [0.1, 0.15) is 31.4 Å². The summed E-state index contributed by atoms with van der Waals surface area (Å²) >= 11 is 5.75. The van der Waals surface area contributed by atoms with E-state index in [1.54, 1.807) is 31.2 Å². The molecule has 20 heavy (non-hydrogen) atoms. The molecule has 0 aromatic heterocycles. The van der Waals surface area contributed by atoms with E-state index in [4.69, 9.17) is 16.3 Å². The molecule has 106 valence electrons. The van der Waals surface area contributed by atoms with Gasteiger partial charge >= 0.3 is 6.16 Å². The smallest absolute Gasteiger partial charge is 0.425 e. The van der Waals surface area contributed by atoms with Crippen LogP contribution in [0.15, 0.2) is 24.3 Å². The van der Waals surface area contributed by atoms with Crippen LogP contribution in [0.25, 0.3) is 0 Å². The van der Waals surface area contributed by atoms with Gasteiger partial charge in [-0.25, -0.2) is 4.79 Å². The van der Waals surface area contributed by atoms with E-state index in [0.29, 0.717) is 15.6 Å². The number of halogens is 1.